The van der Waals surface area contributed by atoms with E-state index in [1.165, 1.54) is 4.31 Å². The maximum atomic E-state index is 12.7. The molecule has 0 aromatic heterocycles. The van der Waals surface area contributed by atoms with E-state index in [0.717, 1.165) is 19.5 Å². The average Bonchev–Trinajstić information content (AvgIpc) is 2.66. The lowest BCUT2D eigenvalue weighted by molar-refractivity contribution is 0.0133. The number of piperazine rings is 1. The summed E-state index contributed by atoms with van der Waals surface area (Å²) in [5.74, 6) is 0.482. The summed E-state index contributed by atoms with van der Waals surface area (Å²) in [5, 5.41) is 0. The van der Waals surface area contributed by atoms with E-state index in [1.807, 2.05) is 0 Å². The lowest BCUT2D eigenvalue weighted by atomic mass is 10.0. The van der Waals surface area contributed by atoms with Crippen LogP contribution in [0.1, 0.15) is 27.2 Å². The Labute approximate surface area is 163 Å². The first-order valence-electron chi connectivity index (χ1n) is 9.81. The molecule has 2 heterocycles. The second-order valence-corrected chi connectivity index (χ2v) is 9.13. The van der Waals surface area contributed by atoms with Crippen LogP contribution >= 0.6 is 0 Å². The number of rotatable bonds is 8. The summed E-state index contributed by atoms with van der Waals surface area (Å²) < 4.78 is 40.0. The predicted molar refractivity (Wildman–Crippen MR) is 103 cm³/mol. The molecule has 158 valence electrons. The van der Waals surface area contributed by atoms with Gasteiger partial charge in [0.2, 0.25) is 0 Å². The van der Waals surface area contributed by atoms with E-state index in [-0.39, 0.29) is 25.2 Å². The van der Waals surface area contributed by atoms with Crippen LogP contribution in [0.3, 0.4) is 0 Å². The Morgan fingerprint density at radius 3 is 2.30 bits per heavy atom. The molecule has 1 amide bonds. The Hall–Kier alpha value is -0.940. The van der Waals surface area contributed by atoms with E-state index in [9.17, 15) is 13.2 Å². The summed E-state index contributed by atoms with van der Waals surface area (Å²) in [4.78, 5) is 15.6. The molecular formula is C17H34N4O5S. The fourth-order valence-corrected chi connectivity index (χ4v) is 4.70. The molecule has 2 rings (SSSR count). The van der Waals surface area contributed by atoms with E-state index in [2.05, 4.69) is 23.5 Å². The Kier molecular flexibility index (Phi) is 8.74. The highest BCUT2D eigenvalue weighted by Gasteiger charge is 2.30. The van der Waals surface area contributed by atoms with Crippen LogP contribution < -0.4 is 4.72 Å². The van der Waals surface area contributed by atoms with Crippen LogP contribution in [0, 0.1) is 5.92 Å². The Morgan fingerprint density at radius 2 is 1.74 bits per heavy atom. The molecule has 0 saturated carbocycles. The summed E-state index contributed by atoms with van der Waals surface area (Å²) >= 11 is 0. The number of ether oxygens (including phenoxy) is 2. The third-order valence-corrected chi connectivity index (χ3v) is 6.49. The van der Waals surface area contributed by atoms with Crippen molar-refractivity contribution in [2.75, 3.05) is 65.6 Å². The molecule has 10 heteroatoms. The molecule has 2 fully saturated rings. The van der Waals surface area contributed by atoms with Crippen molar-refractivity contribution in [1.29, 1.82) is 0 Å². The minimum Gasteiger partial charge on any atom is -0.450 e. The molecule has 0 bridgehead atoms. The fourth-order valence-electron chi connectivity index (χ4n) is 3.47. The van der Waals surface area contributed by atoms with Gasteiger partial charge in [-0.15, -0.1) is 0 Å². The highest BCUT2D eigenvalue weighted by molar-refractivity contribution is 7.87. The van der Waals surface area contributed by atoms with Crippen LogP contribution in [0.4, 0.5) is 4.79 Å². The summed E-state index contributed by atoms with van der Waals surface area (Å²) in [5.41, 5.74) is 0. The van der Waals surface area contributed by atoms with Crippen LogP contribution in [0.15, 0.2) is 0 Å². The molecule has 1 atom stereocenters. The lowest BCUT2D eigenvalue weighted by Gasteiger charge is -2.37. The van der Waals surface area contributed by atoms with E-state index in [4.69, 9.17) is 9.47 Å². The van der Waals surface area contributed by atoms with Crippen molar-refractivity contribution in [3.05, 3.63) is 0 Å². The molecule has 1 N–H and O–H groups in total. The zero-order chi connectivity index (χ0) is 19.9. The predicted octanol–water partition coefficient (Wildman–Crippen LogP) is 0.342. The molecule has 0 aromatic rings. The first-order valence-corrected chi connectivity index (χ1v) is 11.3. The minimum atomic E-state index is -3.57. The second kappa shape index (κ2) is 10.6. The number of amides is 1. The number of nitrogens with one attached hydrogen (secondary N) is 1. The standard InChI is InChI=1S/C17H34N4O5S/c1-4-26-17(22)20-5-7-21(8-6-20)27(23,24)18-14-16(13-15(2)3)19-9-11-25-12-10-19/h15-16,18H,4-14H2,1-3H3. The van der Waals surface area contributed by atoms with Gasteiger partial charge < -0.3 is 14.4 Å². The monoisotopic (exact) mass is 406 g/mol. The maximum Gasteiger partial charge on any atom is 0.409 e. The van der Waals surface area contributed by atoms with Crippen molar-refractivity contribution in [3.63, 3.8) is 0 Å². The highest BCUT2D eigenvalue weighted by Crippen LogP contribution is 2.14. The number of carbonyl (C=O) groups excluding carboxylic acids is 1. The second-order valence-electron chi connectivity index (χ2n) is 7.37. The van der Waals surface area contributed by atoms with Crippen LogP contribution in [0.5, 0.6) is 0 Å². The van der Waals surface area contributed by atoms with Crippen LogP contribution in [0.2, 0.25) is 0 Å². The van der Waals surface area contributed by atoms with E-state index in [0.29, 0.717) is 45.4 Å². The molecule has 2 saturated heterocycles. The van der Waals surface area contributed by atoms with Gasteiger partial charge in [-0.3, -0.25) is 4.90 Å². The normalized spacial score (nSPS) is 21.4. The molecule has 27 heavy (non-hydrogen) atoms. The highest BCUT2D eigenvalue weighted by atomic mass is 32.2. The quantitative estimate of drug-likeness (QED) is 0.625. The van der Waals surface area contributed by atoms with Crippen molar-refractivity contribution in [2.24, 2.45) is 5.92 Å². The zero-order valence-corrected chi connectivity index (χ0v) is 17.5. The number of carbonyl (C=O) groups is 1. The van der Waals surface area contributed by atoms with E-state index in [1.54, 1.807) is 11.8 Å². The number of hydrogen-bond acceptors (Lipinski definition) is 6. The molecule has 0 aromatic carbocycles. The van der Waals surface area contributed by atoms with Crippen molar-refractivity contribution in [1.82, 2.24) is 18.8 Å². The maximum absolute atomic E-state index is 12.7. The summed E-state index contributed by atoms with van der Waals surface area (Å²) in [6.07, 6.45) is 0.547. The molecule has 2 aliphatic rings. The Bertz CT molecular complexity index is 558. The lowest BCUT2D eigenvalue weighted by Crippen LogP contribution is -2.55. The van der Waals surface area contributed by atoms with Gasteiger partial charge in [0.05, 0.1) is 19.8 Å². The SMILES string of the molecule is CCOC(=O)N1CCN(S(=O)(=O)NCC(CC(C)C)N2CCOCC2)CC1. The molecule has 9 nitrogen and oxygen atoms in total. The van der Waals surface area contributed by atoms with Gasteiger partial charge >= 0.3 is 6.09 Å². The molecular weight excluding hydrogens is 372 g/mol. The van der Waals surface area contributed by atoms with Gasteiger partial charge in [0.25, 0.3) is 10.2 Å². The molecule has 0 spiro atoms. The molecule has 0 aliphatic carbocycles. The van der Waals surface area contributed by atoms with Gasteiger partial charge in [-0.05, 0) is 19.3 Å². The topological polar surface area (TPSA) is 91.4 Å². The van der Waals surface area contributed by atoms with Gasteiger partial charge in [0.15, 0.2) is 0 Å². The number of hydrogen-bond donors (Lipinski definition) is 1. The fraction of sp³-hybridized carbons (Fsp3) is 0.941. The van der Waals surface area contributed by atoms with Crippen LogP contribution in [-0.4, -0.2) is 100 Å². The molecule has 0 radical (unpaired) electrons. The third kappa shape index (κ3) is 6.86. The largest absolute Gasteiger partial charge is 0.450 e. The molecule has 1 unspecified atom stereocenters. The van der Waals surface area contributed by atoms with Gasteiger partial charge in [-0.1, -0.05) is 13.8 Å². The summed E-state index contributed by atoms with van der Waals surface area (Å²) in [6.45, 7) is 11.1. The van der Waals surface area contributed by atoms with Gasteiger partial charge in [0.1, 0.15) is 0 Å². The van der Waals surface area contributed by atoms with Crippen LogP contribution in [-0.2, 0) is 19.7 Å². The minimum absolute atomic E-state index is 0.157. The summed E-state index contributed by atoms with van der Waals surface area (Å²) in [6, 6.07) is 0.157. The third-order valence-electron chi connectivity index (χ3n) is 4.91. The average molecular weight is 407 g/mol. The molecule has 2 aliphatic heterocycles. The smallest absolute Gasteiger partial charge is 0.409 e. The number of nitrogens with zero attached hydrogens (tertiary/aromatic N) is 3. The first-order chi connectivity index (χ1) is 12.8. The Balaban J connectivity index is 1.87. The van der Waals surface area contributed by atoms with Crippen LogP contribution in [0.25, 0.3) is 0 Å². The number of morpholine rings is 1. The van der Waals surface area contributed by atoms with Crippen molar-refractivity contribution >= 4 is 16.3 Å². The first kappa shape index (κ1) is 22.4. The van der Waals surface area contributed by atoms with Gasteiger partial charge in [0, 0.05) is 51.9 Å². The van der Waals surface area contributed by atoms with Crippen molar-refractivity contribution in [3.8, 4) is 0 Å². The van der Waals surface area contributed by atoms with E-state index < -0.39 is 10.2 Å². The van der Waals surface area contributed by atoms with E-state index >= 15 is 0 Å². The van der Waals surface area contributed by atoms with Crippen molar-refractivity contribution < 1.29 is 22.7 Å². The Morgan fingerprint density at radius 1 is 1.11 bits per heavy atom. The van der Waals surface area contributed by atoms with Crippen molar-refractivity contribution in [2.45, 2.75) is 33.2 Å². The summed E-state index contributed by atoms with van der Waals surface area (Å²) in [7, 11) is -3.57. The zero-order valence-electron chi connectivity index (χ0n) is 16.7. The van der Waals surface area contributed by atoms with Gasteiger partial charge in [-0.2, -0.15) is 12.7 Å². The van der Waals surface area contributed by atoms with Gasteiger partial charge in [-0.25, -0.2) is 9.52 Å².